The molecular weight excluding hydrogens is 278 g/mol. The van der Waals surface area contributed by atoms with Crippen LogP contribution in [0.15, 0.2) is 11.2 Å². The van der Waals surface area contributed by atoms with Crippen LogP contribution in [-0.2, 0) is 10.0 Å². The molecule has 100 valence electrons. The Morgan fingerprint density at radius 2 is 2.17 bits per heavy atom. The average Bonchev–Trinajstić information content (AvgIpc) is 2.79. The van der Waals surface area contributed by atoms with Crippen molar-refractivity contribution in [3.8, 4) is 0 Å². The van der Waals surface area contributed by atoms with Crippen LogP contribution in [-0.4, -0.2) is 47.2 Å². The number of carboxylic acid groups (broad SMARTS) is 1. The molecular formula is C9H13N3O4S2. The van der Waals surface area contributed by atoms with E-state index in [2.05, 4.69) is 14.9 Å². The van der Waals surface area contributed by atoms with Crippen molar-refractivity contribution in [3.05, 3.63) is 11.8 Å². The van der Waals surface area contributed by atoms with Crippen LogP contribution in [0.2, 0.25) is 0 Å². The lowest BCUT2D eigenvalue weighted by Gasteiger charge is -2.21. The van der Waals surface area contributed by atoms with Crippen molar-refractivity contribution in [2.45, 2.75) is 23.9 Å². The summed E-state index contributed by atoms with van der Waals surface area (Å²) in [7, 11) is -3.85. The number of aromatic carboxylic acids is 1. The van der Waals surface area contributed by atoms with Crippen LogP contribution in [0.4, 0.5) is 0 Å². The lowest BCUT2D eigenvalue weighted by Crippen LogP contribution is -2.38. The smallest absolute Gasteiger partial charge is 0.340 e. The fourth-order valence-electron chi connectivity index (χ4n) is 1.73. The SMILES string of the molecule is O=C(O)c1cn[nH]c1S(=O)(=O)NC1CCSCC1. The van der Waals surface area contributed by atoms with Crippen molar-refractivity contribution in [3.63, 3.8) is 0 Å². The van der Waals surface area contributed by atoms with Gasteiger partial charge in [-0.2, -0.15) is 16.9 Å². The number of rotatable bonds is 4. The lowest BCUT2D eigenvalue weighted by molar-refractivity contribution is 0.0692. The zero-order valence-electron chi connectivity index (χ0n) is 9.42. The Labute approximate surface area is 108 Å². The fourth-order valence-corrected chi connectivity index (χ4v) is 4.23. The van der Waals surface area contributed by atoms with Gasteiger partial charge < -0.3 is 5.11 Å². The van der Waals surface area contributed by atoms with Crippen molar-refractivity contribution >= 4 is 27.8 Å². The maximum atomic E-state index is 12.0. The molecule has 7 nitrogen and oxygen atoms in total. The molecule has 1 aromatic heterocycles. The number of hydrogen-bond donors (Lipinski definition) is 3. The van der Waals surface area contributed by atoms with Gasteiger partial charge in [0.25, 0.3) is 10.0 Å². The van der Waals surface area contributed by atoms with Gasteiger partial charge in [0, 0.05) is 6.04 Å². The second-order valence-corrected chi connectivity index (χ2v) is 6.80. The fraction of sp³-hybridized carbons (Fsp3) is 0.556. The average molecular weight is 291 g/mol. The number of aromatic nitrogens is 2. The van der Waals surface area contributed by atoms with Crippen molar-refractivity contribution < 1.29 is 18.3 Å². The summed E-state index contributed by atoms with van der Waals surface area (Å²) < 4.78 is 26.6. The zero-order chi connectivity index (χ0) is 13.2. The number of sulfonamides is 1. The van der Waals surface area contributed by atoms with Gasteiger partial charge in [-0.1, -0.05) is 0 Å². The molecule has 2 heterocycles. The highest BCUT2D eigenvalue weighted by Crippen LogP contribution is 2.19. The first-order chi connectivity index (χ1) is 8.50. The van der Waals surface area contributed by atoms with Crippen molar-refractivity contribution in [1.82, 2.24) is 14.9 Å². The van der Waals surface area contributed by atoms with E-state index >= 15 is 0 Å². The molecule has 3 N–H and O–H groups in total. The number of hydrogen-bond acceptors (Lipinski definition) is 5. The summed E-state index contributed by atoms with van der Waals surface area (Å²) in [5.74, 6) is 0.493. The lowest BCUT2D eigenvalue weighted by atomic mass is 10.2. The van der Waals surface area contributed by atoms with Gasteiger partial charge in [-0.3, -0.25) is 5.10 Å². The van der Waals surface area contributed by atoms with Crippen LogP contribution in [0, 0.1) is 0 Å². The standard InChI is InChI=1S/C9H13N3O4S2/c13-9(14)7-5-10-11-8(7)18(15,16)12-6-1-3-17-4-2-6/h5-6,12H,1-4H2,(H,10,11)(H,13,14). The largest absolute Gasteiger partial charge is 0.478 e. The minimum absolute atomic E-state index is 0.138. The minimum Gasteiger partial charge on any atom is -0.478 e. The Morgan fingerprint density at radius 1 is 1.50 bits per heavy atom. The highest BCUT2D eigenvalue weighted by Gasteiger charge is 2.28. The molecule has 1 aliphatic heterocycles. The molecule has 18 heavy (non-hydrogen) atoms. The van der Waals surface area contributed by atoms with E-state index in [0.29, 0.717) is 0 Å². The van der Waals surface area contributed by atoms with Crippen LogP contribution in [0.25, 0.3) is 0 Å². The van der Waals surface area contributed by atoms with Crippen LogP contribution >= 0.6 is 11.8 Å². The number of thioether (sulfide) groups is 1. The summed E-state index contributed by atoms with van der Waals surface area (Å²) in [6.07, 6.45) is 2.49. The maximum Gasteiger partial charge on any atom is 0.340 e. The number of H-pyrrole nitrogens is 1. The van der Waals surface area contributed by atoms with E-state index in [1.165, 1.54) is 0 Å². The van der Waals surface area contributed by atoms with Gasteiger partial charge in [0.15, 0.2) is 5.03 Å². The molecule has 1 fully saturated rings. The molecule has 0 saturated carbocycles. The Kier molecular flexibility index (Phi) is 3.93. The Bertz CT molecular complexity index is 534. The minimum atomic E-state index is -3.85. The van der Waals surface area contributed by atoms with Crippen LogP contribution in [0.3, 0.4) is 0 Å². The van der Waals surface area contributed by atoms with E-state index in [4.69, 9.17) is 5.11 Å². The topological polar surface area (TPSA) is 112 Å². The summed E-state index contributed by atoms with van der Waals surface area (Å²) in [6, 6.07) is -0.138. The van der Waals surface area contributed by atoms with Gasteiger partial charge in [0.1, 0.15) is 5.56 Å². The predicted octanol–water partition coefficient (Wildman–Crippen LogP) is 0.282. The molecule has 0 atom stereocenters. The van der Waals surface area contributed by atoms with Gasteiger partial charge in [-0.25, -0.2) is 17.9 Å². The molecule has 0 bridgehead atoms. The van der Waals surface area contributed by atoms with Gasteiger partial charge in [-0.05, 0) is 24.3 Å². The molecule has 0 spiro atoms. The summed E-state index contributed by atoms with van der Waals surface area (Å²) in [5.41, 5.74) is -0.340. The first-order valence-corrected chi connectivity index (χ1v) is 8.01. The quantitative estimate of drug-likeness (QED) is 0.734. The van der Waals surface area contributed by atoms with Gasteiger partial charge >= 0.3 is 5.97 Å². The molecule has 0 aromatic carbocycles. The summed E-state index contributed by atoms with van der Waals surface area (Å²) >= 11 is 1.78. The first-order valence-electron chi connectivity index (χ1n) is 5.37. The molecule has 0 aliphatic carbocycles. The molecule has 0 radical (unpaired) electrons. The number of nitrogens with zero attached hydrogens (tertiary/aromatic N) is 1. The Morgan fingerprint density at radius 3 is 2.78 bits per heavy atom. The van der Waals surface area contributed by atoms with E-state index < -0.39 is 16.0 Å². The third-order valence-corrected chi connectivity index (χ3v) is 5.19. The van der Waals surface area contributed by atoms with Gasteiger partial charge in [-0.15, -0.1) is 0 Å². The first kappa shape index (κ1) is 13.4. The molecule has 0 amide bonds. The second-order valence-electron chi connectivity index (χ2n) is 3.93. The number of carbonyl (C=O) groups is 1. The number of nitrogens with one attached hydrogen (secondary N) is 2. The van der Waals surface area contributed by atoms with Crippen molar-refractivity contribution in [2.75, 3.05) is 11.5 Å². The summed E-state index contributed by atoms with van der Waals surface area (Å²) in [5, 5.41) is 14.2. The second kappa shape index (κ2) is 5.29. The highest BCUT2D eigenvalue weighted by molar-refractivity contribution is 7.99. The number of aromatic amines is 1. The third kappa shape index (κ3) is 2.85. The van der Waals surface area contributed by atoms with Crippen LogP contribution in [0.5, 0.6) is 0 Å². The Hall–Kier alpha value is -1.06. The van der Waals surface area contributed by atoms with E-state index in [9.17, 15) is 13.2 Å². The summed E-state index contributed by atoms with van der Waals surface area (Å²) in [6.45, 7) is 0. The molecule has 2 rings (SSSR count). The monoisotopic (exact) mass is 291 g/mol. The molecule has 1 aliphatic rings. The third-order valence-electron chi connectivity index (χ3n) is 2.65. The van der Waals surface area contributed by atoms with E-state index in [0.717, 1.165) is 30.5 Å². The molecule has 0 unspecified atom stereocenters. The maximum absolute atomic E-state index is 12.0. The molecule has 1 aromatic rings. The van der Waals surface area contributed by atoms with Gasteiger partial charge in [0.05, 0.1) is 6.20 Å². The van der Waals surface area contributed by atoms with Crippen LogP contribution < -0.4 is 4.72 Å². The predicted molar refractivity (Wildman–Crippen MR) is 66.2 cm³/mol. The highest BCUT2D eigenvalue weighted by atomic mass is 32.2. The zero-order valence-corrected chi connectivity index (χ0v) is 11.1. The van der Waals surface area contributed by atoms with Gasteiger partial charge in [0.2, 0.25) is 0 Å². The van der Waals surface area contributed by atoms with E-state index in [1.54, 1.807) is 11.8 Å². The van der Waals surface area contributed by atoms with Crippen LogP contribution in [0.1, 0.15) is 23.2 Å². The van der Waals surface area contributed by atoms with E-state index in [-0.39, 0.29) is 16.6 Å². The van der Waals surface area contributed by atoms with E-state index in [1.807, 2.05) is 0 Å². The Balaban J connectivity index is 2.19. The molecule has 1 saturated heterocycles. The van der Waals surface area contributed by atoms with Crippen molar-refractivity contribution in [1.29, 1.82) is 0 Å². The normalized spacial score (nSPS) is 17.8. The number of carboxylic acids is 1. The van der Waals surface area contributed by atoms with Crippen molar-refractivity contribution in [2.24, 2.45) is 0 Å². The summed E-state index contributed by atoms with van der Waals surface area (Å²) in [4.78, 5) is 10.9. The molecule has 9 heteroatoms.